The van der Waals surface area contributed by atoms with Crippen LogP contribution in [0.5, 0.6) is 0 Å². The number of ether oxygens (including phenoxy) is 1. The normalized spacial score (nSPS) is 21.8. The molecule has 0 saturated carbocycles. The molecule has 18 heavy (non-hydrogen) atoms. The molecule has 0 fully saturated rings. The fraction of sp³-hybridized carbons (Fsp3) is 0.500. The van der Waals surface area contributed by atoms with Crippen molar-refractivity contribution in [3.63, 3.8) is 0 Å². The topological polar surface area (TPSA) is 58.6 Å². The minimum Gasteiger partial charge on any atom is -0.480 e. The molecule has 0 spiro atoms. The maximum Gasteiger partial charge on any atom is 0.328 e. The fourth-order valence-corrected chi connectivity index (χ4v) is 2.57. The summed E-state index contributed by atoms with van der Waals surface area (Å²) in [7, 11) is 0. The van der Waals surface area contributed by atoms with E-state index < -0.39 is 11.5 Å². The van der Waals surface area contributed by atoms with Crippen molar-refractivity contribution in [2.24, 2.45) is 0 Å². The molecule has 1 aromatic carbocycles. The molecule has 1 atom stereocenters. The molecule has 2 N–H and O–H groups in total. The Kier molecular flexibility index (Phi) is 3.99. The van der Waals surface area contributed by atoms with Gasteiger partial charge in [0, 0.05) is 13.2 Å². The van der Waals surface area contributed by atoms with E-state index in [2.05, 4.69) is 5.32 Å². The van der Waals surface area contributed by atoms with Crippen LogP contribution in [0.25, 0.3) is 0 Å². The molecule has 0 aliphatic heterocycles. The van der Waals surface area contributed by atoms with Gasteiger partial charge in [0.15, 0.2) is 0 Å². The molecule has 4 heteroatoms. The van der Waals surface area contributed by atoms with Crippen molar-refractivity contribution in [3.8, 4) is 0 Å². The summed E-state index contributed by atoms with van der Waals surface area (Å²) in [6.07, 6.45) is 1.41. The largest absolute Gasteiger partial charge is 0.480 e. The third kappa shape index (κ3) is 2.26. The van der Waals surface area contributed by atoms with Crippen molar-refractivity contribution in [3.05, 3.63) is 35.4 Å². The zero-order chi connectivity index (χ0) is 13.0. The summed E-state index contributed by atoms with van der Waals surface area (Å²) in [6.45, 7) is 3.67. The molecule has 0 amide bonds. The second-order valence-electron chi connectivity index (χ2n) is 4.49. The van der Waals surface area contributed by atoms with Crippen molar-refractivity contribution < 1.29 is 14.6 Å². The van der Waals surface area contributed by atoms with E-state index in [0.29, 0.717) is 26.2 Å². The molecule has 1 aromatic rings. The monoisotopic (exact) mass is 249 g/mol. The van der Waals surface area contributed by atoms with Crippen LogP contribution < -0.4 is 5.32 Å². The number of carbonyl (C=O) groups is 1. The Labute approximate surface area is 107 Å². The summed E-state index contributed by atoms with van der Waals surface area (Å²) in [6, 6.07) is 7.76. The van der Waals surface area contributed by atoms with Crippen LogP contribution in [-0.4, -0.2) is 30.8 Å². The molecule has 0 radical (unpaired) electrons. The number of hydrogen-bond donors (Lipinski definition) is 2. The maximum absolute atomic E-state index is 11.6. The fourth-order valence-electron chi connectivity index (χ4n) is 2.57. The van der Waals surface area contributed by atoms with Crippen molar-refractivity contribution in [1.82, 2.24) is 5.32 Å². The van der Waals surface area contributed by atoms with Gasteiger partial charge in [-0.1, -0.05) is 24.3 Å². The third-order valence-electron chi connectivity index (χ3n) is 3.49. The molecular weight excluding hydrogens is 230 g/mol. The predicted molar refractivity (Wildman–Crippen MR) is 68.6 cm³/mol. The minimum atomic E-state index is -0.937. The van der Waals surface area contributed by atoms with E-state index in [4.69, 9.17) is 4.74 Å². The van der Waals surface area contributed by atoms with Gasteiger partial charge >= 0.3 is 5.97 Å². The standard InChI is InChI=1S/C14H19NO3/c1-2-18-10-9-15-14(13(16)17)8-7-11-5-3-4-6-12(11)14/h3-6,15H,2,7-10H2,1H3,(H,16,17). The Balaban J connectivity index is 2.17. The number of nitrogens with one attached hydrogen (secondary N) is 1. The Hall–Kier alpha value is -1.39. The first-order chi connectivity index (χ1) is 8.70. The Morgan fingerprint density at radius 2 is 2.28 bits per heavy atom. The first-order valence-corrected chi connectivity index (χ1v) is 6.35. The van der Waals surface area contributed by atoms with Crippen LogP contribution in [0.2, 0.25) is 0 Å². The van der Waals surface area contributed by atoms with Crippen LogP contribution in [0, 0.1) is 0 Å². The summed E-state index contributed by atoms with van der Waals surface area (Å²) in [5.74, 6) is -0.802. The van der Waals surface area contributed by atoms with Crippen LogP contribution in [0.15, 0.2) is 24.3 Å². The summed E-state index contributed by atoms with van der Waals surface area (Å²) >= 11 is 0. The minimum absolute atomic E-state index is 0.535. The summed E-state index contributed by atoms with van der Waals surface area (Å²) in [5, 5.41) is 12.7. The van der Waals surface area contributed by atoms with E-state index in [1.807, 2.05) is 31.2 Å². The zero-order valence-electron chi connectivity index (χ0n) is 10.6. The Morgan fingerprint density at radius 3 is 3.00 bits per heavy atom. The molecule has 0 bridgehead atoms. The van der Waals surface area contributed by atoms with Gasteiger partial charge in [-0.05, 0) is 30.9 Å². The van der Waals surface area contributed by atoms with Gasteiger partial charge in [-0.25, -0.2) is 4.79 Å². The molecule has 1 aliphatic rings. The van der Waals surface area contributed by atoms with E-state index in [-0.39, 0.29) is 0 Å². The smallest absolute Gasteiger partial charge is 0.328 e. The lowest BCUT2D eigenvalue weighted by Gasteiger charge is -2.27. The number of fused-ring (bicyclic) bond motifs is 1. The van der Waals surface area contributed by atoms with Crippen molar-refractivity contribution >= 4 is 5.97 Å². The quantitative estimate of drug-likeness (QED) is 0.751. The highest BCUT2D eigenvalue weighted by Gasteiger charge is 2.44. The number of aliphatic carboxylic acids is 1. The van der Waals surface area contributed by atoms with E-state index in [1.165, 1.54) is 0 Å². The summed E-state index contributed by atoms with van der Waals surface area (Å²) < 4.78 is 5.25. The average molecular weight is 249 g/mol. The van der Waals surface area contributed by atoms with Gasteiger partial charge in [-0.15, -0.1) is 0 Å². The van der Waals surface area contributed by atoms with Gasteiger partial charge in [0.1, 0.15) is 5.54 Å². The van der Waals surface area contributed by atoms with E-state index >= 15 is 0 Å². The summed E-state index contributed by atoms with van der Waals surface area (Å²) in [4.78, 5) is 11.6. The first-order valence-electron chi connectivity index (χ1n) is 6.35. The lowest BCUT2D eigenvalue weighted by molar-refractivity contribution is -0.145. The Bertz CT molecular complexity index is 433. The van der Waals surface area contributed by atoms with Crippen LogP contribution in [0.1, 0.15) is 24.5 Å². The highest BCUT2D eigenvalue weighted by atomic mass is 16.5. The molecule has 0 saturated heterocycles. The highest BCUT2D eigenvalue weighted by molar-refractivity contribution is 5.82. The van der Waals surface area contributed by atoms with Crippen LogP contribution in [0.3, 0.4) is 0 Å². The SMILES string of the molecule is CCOCCNC1(C(=O)O)CCc2ccccc21. The first kappa shape index (κ1) is 13.1. The summed E-state index contributed by atoms with van der Waals surface area (Å²) in [5.41, 5.74) is 1.09. The number of rotatable bonds is 6. The van der Waals surface area contributed by atoms with E-state index in [9.17, 15) is 9.90 Å². The van der Waals surface area contributed by atoms with Crippen molar-refractivity contribution in [2.45, 2.75) is 25.3 Å². The number of carboxylic acid groups (broad SMARTS) is 1. The number of hydrogen-bond acceptors (Lipinski definition) is 3. The molecule has 1 aliphatic carbocycles. The van der Waals surface area contributed by atoms with Gasteiger partial charge in [0.05, 0.1) is 6.61 Å². The molecule has 4 nitrogen and oxygen atoms in total. The predicted octanol–water partition coefficient (Wildman–Crippen LogP) is 1.54. The molecule has 98 valence electrons. The number of carboxylic acids is 1. The number of benzene rings is 1. The van der Waals surface area contributed by atoms with Crippen LogP contribution in [-0.2, 0) is 21.5 Å². The van der Waals surface area contributed by atoms with Crippen molar-refractivity contribution in [1.29, 1.82) is 0 Å². The van der Waals surface area contributed by atoms with Gasteiger partial charge < -0.3 is 9.84 Å². The second kappa shape index (κ2) is 5.50. The lowest BCUT2D eigenvalue weighted by Crippen LogP contribution is -2.48. The molecule has 0 aromatic heterocycles. The third-order valence-corrected chi connectivity index (χ3v) is 3.49. The van der Waals surface area contributed by atoms with E-state index in [0.717, 1.165) is 17.5 Å². The highest BCUT2D eigenvalue weighted by Crippen LogP contribution is 2.36. The molecule has 1 unspecified atom stereocenters. The average Bonchev–Trinajstić information content (AvgIpc) is 2.75. The Morgan fingerprint density at radius 1 is 1.50 bits per heavy atom. The lowest BCUT2D eigenvalue weighted by atomic mass is 9.92. The van der Waals surface area contributed by atoms with Crippen LogP contribution >= 0.6 is 0 Å². The van der Waals surface area contributed by atoms with E-state index in [1.54, 1.807) is 0 Å². The zero-order valence-corrected chi connectivity index (χ0v) is 10.6. The molecular formula is C14H19NO3. The van der Waals surface area contributed by atoms with Gasteiger partial charge in [0.2, 0.25) is 0 Å². The van der Waals surface area contributed by atoms with Crippen LogP contribution in [0.4, 0.5) is 0 Å². The van der Waals surface area contributed by atoms with Crippen molar-refractivity contribution in [2.75, 3.05) is 19.8 Å². The van der Waals surface area contributed by atoms with Gasteiger partial charge in [-0.3, -0.25) is 5.32 Å². The second-order valence-corrected chi connectivity index (χ2v) is 4.49. The van der Waals surface area contributed by atoms with Gasteiger partial charge in [0.25, 0.3) is 0 Å². The number of aryl methyl sites for hydroxylation is 1. The maximum atomic E-state index is 11.6. The van der Waals surface area contributed by atoms with Gasteiger partial charge in [-0.2, -0.15) is 0 Å². The molecule has 0 heterocycles. The molecule has 2 rings (SSSR count).